The summed E-state index contributed by atoms with van der Waals surface area (Å²) in [5.74, 6) is 0.106. The summed E-state index contributed by atoms with van der Waals surface area (Å²) >= 11 is 0. The number of nitrogens with zero attached hydrogens (tertiary/aromatic N) is 1. The Kier molecular flexibility index (Phi) is 4.65. The lowest BCUT2D eigenvalue weighted by Gasteiger charge is -2.23. The Morgan fingerprint density at radius 3 is 2.65 bits per heavy atom. The fourth-order valence-corrected chi connectivity index (χ4v) is 3.24. The topological polar surface area (TPSA) is 32.3 Å². The van der Waals surface area contributed by atoms with Gasteiger partial charge in [-0.15, -0.1) is 0 Å². The quantitative estimate of drug-likeness (QED) is 0.914. The molecule has 1 atom stereocenters. The number of likely N-dealkylation sites (N-methyl/N-ethyl adjacent to an activating group) is 1. The van der Waals surface area contributed by atoms with E-state index in [2.05, 4.69) is 23.5 Å². The molecule has 0 aromatic heterocycles. The zero-order valence-corrected chi connectivity index (χ0v) is 13.9. The molecule has 1 amide bonds. The predicted molar refractivity (Wildman–Crippen MR) is 94.5 cm³/mol. The van der Waals surface area contributed by atoms with Crippen LogP contribution in [0.2, 0.25) is 0 Å². The zero-order chi connectivity index (χ0) is 16.2. The second-order valence-electron chi connectivity index (χ2n) is 6.38. The Labute approximate surface area is 138 Å². The van der Waals surface area contributed by atoms with Gasteiger partial charge < -0.3 is 10.2 Å². The maximum atomic E-state index is 12.5. The summed E-state index contributed by atoms with van der Waals surface area (Å²) in [6.45, 7) is 2.56. The highest BCUT2D eigenvalue weighted by atomic mass is 16.2. The van der Waals surface area contributed by atoms with Gasteiger partial charge in [0.1, 0.15) is 6.04 Å². The van der Waals surface area contributed by atoms with Crippen molar-refractivity contribution in [3.05, 3.63) is 65.2 Å². The molecule has 1 aliphatic carbocycles. The van der Waals surface area contributed by atoms with Crippen LogP contribution >= 0.6 is 0 Å². The van der Waals surface area contributed by atoms with E-state index in [1.54, 1.807) is 4.90 Å². The monoisotopic (exact) mass is 308 g/mol. The number of aryl methyl sites for hydroxylation is 2. The van der Waals surface area contributed by atoms with Crippen molar-refractivity contribution < 1.29 is 4.79 Å². The second kappa shape index (κ2) is 6.86. The number of benzene rings is 2. The molecule has 0 spiro atoms. The van der Waals surface area contributed by atoms with Crippen molar-refractivity contribution in [2.45, 2.75) is 38.8 Å². The Bertz CT molecular complexity index is 681. The minimum atomic E-state index is -0.233. The molecule has 1 aliphatic rings. The van der Waals surface area contributed by atoms with Crippen LogP contribution in [0.1, 0.15) is 30.0 Å². The molecule has 0 aliphatic heterocycles. The minimum absolute atomic E-state index is 0.106. The Hall–Kier alpha value is -2.29. The number of amides is 1. The molecule has 2 aromatic rings. The number of anilines is 1. The number of rotatable bonds is 5. The molecule has 3 heteroatoms. The number of fused-ring (bicyclic) bond motifs is 1. The summed E-state index contributed by atoms with van der Waals surface area (Å²) in [7, 11) is 1.86. The standard InChI is InChI=1S/C20H24N2O/c1-15(20(23)22(2)14-16-7-4-3-5-8-16)21-19-12-11-17-9-6-10-18(17)13-19/h3-5,7-8,11-13,15,21H,6,9-10,14H2,1-2H3. The van der Waals surface area contributed by atoms with Crippen molar-refractivity contribution in [3.63, 3.8) is 0 Å². The zero-order valence-electron chi connectivity index (χ0n) is 13.9. The van der Waals surface area contributed by atoms with Gasteiger partial charge in [0.2, 0.25) is 5.91 Å². The maximum absolute atomic E-state index is 12.5. The van der Waals surface area contributed by atoms with Gasteiger partial charge in [-0.1, -0.05) is 36.4 Å². The lowest BCUT2D eigenvalue weighted by atomic mass is 10.1. The van der Waals surface area contributed by atoms with Crippen molar-refractivity contribution in [1.29, 1.82) is 0 Å². The third-order valence-corrected chi connectivity index (χ3v) is 4.49. The summed E-state index contributed by atoms with van der Waals surface area (Å²) in [6, 6.07) is 16.3. The van der Waals surface area contributed by atoms with E-state index >= 15 is 0 Å². The first kappa shape index (κ1) is 15.6. The average Bonchev–Trinajstić information content (AvgIpc) is 3.02. The summed E-state index contributed by atoms with van der Waals surface area (Å²) in [5.41, 5.74) is 5.07. The van der Waals surface area contributed by atoms with Crippen LogP contribution in [0.15, 0.2) is 48.5 Å². The van der Waals surface area contributed by atoms with Gasteiger partial charge in [-0.05, 0) is 55.0 Å². The van der Waals surface area contributed by atoms with Crippen LogP contribution in [0.25, 0.3) is 0 Å². The lowest BCUT2D eigenvalue weighted by Crippen LogP contribution is -2.38. The van der Waals surface area contributed by atoms with Gasteiger partial charge in [0, 0.05) is 19.3 Å². The van der Waals surface area contributed by atoms with Gasteiger partial charge in [0.15, 0.2) is 0 Å². The largest absolute Gasteiger partial charge is 0.374 e. The average molecular weight is 308 g/mol. The van der Waals surface area contributed by atoms with Crippen LogP contribution in [0, 0.1) is 0 Å². The first-order valence-electron chi connectivity index (χ1n) is 8.31. The van der Waals surface area contributed by atoms with Gasteiger partial charge in [-0.2, -0.15) is 0 Å². The van der Waals surface area contributed by atoms with Gasteiger partial charge >= 0.3 is 0 Å². The first-order chi connectivity index (χ1) is 11.1. The van der Waals surface area contributed by atoms with E-state index in [4.69, 9.17) is 0 Å². The lowest BCUT2D eigenvalue weighted by molar-refractivity contribution is -0.130. The third-order valence-electron chi connectivity index (χ3n) is 4.49. The molecule has 120 valence electrons. The van der Waals surface area contributed by atoms with Crippen LogP contribution in [-0.4, -0.2) is 23.9 Å². The minimum Gasteiger partial charge on any atom is -0.374 e. The van der Waals surface area contributed by atoms with E-state index in [1.807, 2.05) is 44.3 Å². The maximum Gasteiger partial charge on any atom is 0.244 e. The molecule has 0 fully saturated rings. The van der Waals surface area contributed by atoms with Crippen molar-refractivity contribution in [2.75, 3.05) is 12.4 Å². The van der Waals surface area contributed by atoms with Crippen LogP contribution in [0.4, 0.5) is 5.69 Å². The van der Waals surface area contributed by atoms with Crippen molar-refractivity contribution in [1.82, 2.24) is 4.90 Å². The van der Waals surface area contributed by atoms with Gasteiger partial charge in [-0.25, -0.2) is 0 Å². The molecular formula is C20H24N2O. The number of hydrogen-bond donors (Lipinski definition) is 1. The molecule has 0 radical (unpaired) electrons. The van der Waals surface area contributed by atoms with E-state index in [0.717, 1.165) is 17.7 Å². The first-order valence-corrected chi connectivity index (χ1v) is 8.31. The summed E-state index contributed by atoms with van der Waals surface area (Å²) < 4.78 is 0. The second-order valence-corrected chi connectivity index (χ2v) is 6.38. The molecule has 3 rings (SSSR count). The Morgan fingerprint density at radius 1 is 1.13 bits per heavy atom. The van der Waals surface area contributed by atoms with E-state index in [1.165, 1.54) is 24.0 Å². The number of carbonyl (C=O) groups is 1. The van der Waals surface area contributed by atoms with Crippen molar-refractivity contribution >= 4 is 11.6 Å². The highest BCUT2D eigenvalue weighted by Gasteiger charge is 2.18. The highest BCUT2D eigenvalue weighted by Crippen LogP contribution is 2.25. The molecular weight excluding hydrogens is 284 g/mol. The van der Waals surface area contributed by atoms with Crippen LogP contribution < -0.4 is 5.32 Å². The molecule has 0 saturated heterocycles. The van der Waals surface area contributed by atoms with Crippen molar-refractivity contribution in [2.24, 2.45) is 0 Å². The molecule has 2 aromatic carbocycles. The Morgan fingerprint density at radius 2 is 1.87 bits per heavy atom. The SMILES string of the molecule is CC(Nc1ccc2c(c1)CCC2)C(=O)N(C)Cc1ccccc1. The number of hydrogen-bond acceptors (Lipinski definition) is 2. The third kappa shape index (κ3) is 3.73. The highest BCUT2D eigenvalue weighted by molar-refractivity contribution is 5.84. The number of nitrogens with one attached hydrogen (secondary N) is 1. The van der Waals surface area contributed by atoms with Gasteiger partial charge in [0.05, 0.1) is 0 Å². The summed E-state index contributed by atoms with van der Waals surface area (Å²) in [4.78, 5) is 14.3. The van der Waals surface area contributed by atoms with Crippen LogP contribution in [0.3, 0.4) is 0 Å². The molecule has 1 N–H and O–H groups in total. The predicted octanol–water partition coefficient (Wildman–Crippen LogP) is 3.63. The fraction of sp³-hybridized carbons (Fsp3) is 0.350. The smallest absolute Gasteiger partial charge is 0.244 e. The Balaban J connectivity index is 1.61. The molecule has 1 unspecified atom stereocenters. The molecule has 0 bridgehead atoms. The summed E-state index contributed by atoms with van der Waals surface area (Å²) in [6.07, 6.45) is 3.58. The molecule has 23 heavy (non-hydrogen) atoms. The van der Waals surface area contributed by atoms with E-state index in [-0.39, 0.29) is 11.9 Å². The molecule has 3 nitrogen and oxygen atoms in total. The summed E-state index contributed by atoms with van der Waals surface area (Å²) in [5, 5.41) is 3.35. The molecule has 0 heterocycles. The van der Waals surface area contributed by atoms with Gasteiger partial charge in [-0.3, -0.25) is 4.79 Å². The van der Waals surface area contributed by atoms with Gasteiger partial charge in [0.25, 0.3) is 0 Å². The van der Waals surface area contributed by atoms with Crippen molar-refractivity contribution in [3.8, 4) is 0 Å². The van der Waals surface area contributed by atoms with E-state index < -0.39 is 0 Å². The van der Waals surface area contributed by atoms with Crippen LogP contribution in [-0.2, 0) is 24.2 Å². The fourth-order valence-electron chi connectivity index (χ4n) is 3.24. The normalized spacial score (nSPS) is 14.2. The van der Waals surface area contributed by atoms with E-state index in [0.29, 0.717) is 6.54 Å². The van der Waals surface area contributed by atoms with E-state index in [9.17, 15) is 4.79 Å². The van der Waals surface area contributed by atoms with Crippen LogP contribution in [0.5, 0.6) is 0 Å². The molecule has 0 saturated carbocycles. The number of carbonyl (C=O) groups excluding carboxylic acids is 1.